The van der Waals surface area contributed by atoms with Gasteiger partial charge in [-0.2, -0.15) is 15.0 Å². The van der Waals surface area contributed by atoms with Crippen LogP contribution in [0, 0.1) is 0 Å². The molecule has 126 valence electrons. The summed E-state index contributed by atoms with van der Waals surface area (Å²) in [6.07, 6.45) is 5.58. The van der Waals surface area contributed by atoms with E-state index in [1.165, 1.54) is 4.90 Å². The molecule has 1 aromatic heterocycles. The predicted molar refractivity (Wildman–Crippen MR) is 95.0 cm³/mol. The molecule has 1 rings (SSSR count). The molecule has 0 atom stereocenters. The maximum atomic E-state index is 8.94. The monoisotopic (exact) mass is 310 g/mol. The third kappa shape index (κ3) is 8.91. The highest BCUT2D eigenvalue weighted by molar-refractivity contribution is 5.42. The van der Waals surface area contributed by atoms with Crippen molar-refractivity contribution in [2.24, 2.45) is 0 Å². The van der Waals surface area contributed by atoms with Crippen LogP contribution in [0.2, 0.25) is 0 Å². The number of aromatic nitrogens is 3. The van der Waals surface area contributed by atoms with Gasteiger partial charge < -0.3 is 20.6 Å². The third-order valence-electron chi connectivity index (χ3n) is 2.33. The second kappa shape index (κ2) is 13.8. The van der Waals surface area contributed by atoms with Crippen LogP contribution in [0.1, 0.15) is 27.7 Å². The molecule has 7 nitrogen and oxygen atoms in total. The highest BCUT2D eigenvalue weighted by atomic mass is 16.3. The average Bonchev–Trinajstić information content (AvgIpc) is 2.55. The summed E-state index contributed by atoms with van der Waals surface area (Å²) in [5.41, 5.74) is 5.55. The van der Waals surface area contributed by atoms with Crippen LogP contribution in [0.5, 0.6) is 0 Å². The van der Waals surface area contributed by atoms with Crippen LogP contribution >= 0.6 is 0 Å². The Bertz CT molecular complexity index is 408. The summed E-state index contributed by atoms with van der Waals surface area (Å²) in [6, 6.07) is 0. The maximum Gasteiger partial charge on any atom is 0.233 e. The molecule has 0 spiro atoms. The Morgan fingerprint density at radius 3 is 1.95 bits per heavy atom. The molecule has 0 aliphatic rings. The van der Waals surface area contributed by atoms with Gasteiger partial charge in [-0.3, -0.25) is 0 Å². The Hall–Kier alpha value is -2.15. The molecule has 0 aromatic carbocycles. The highest BCUT2D eigenvalue weighted by Gasteiger charge is 2.09. The Balaban J connectivity index is 0. The molecule has 0 fully saturated rings. The van der Waals surface area contributed by atoms with E-state index in [1.807, 2.05) is 51.8 Å². The van der Waals surface area contributed by atoms with Crippen molar-refractivity contribution in [3.05, 3.63) is 24.8 Å². The van der Waals surface area contributed by atoms with Gasteiger partial charge >= 0.3 is 0 Å². The SMILES string of the molecule is C=C/C=C\C.CC.CCN(C)c1nc(N)nc(N(C)CO)n1. The molecule has 1 heterocycles. The molecule has 0 aliphatic carbocycles. The topological polar surface area (TPSA) is 91.4 Å². The Morgan fingerprint density at radius 2 is 1.64 bits per heavy atom. The summed E-state index contributed by atoms with van der Waals surface area (Å²) in [7, 11) is 3.53. The fourth-order valence-electron chi connectivity index (χ4n) is 1.05. The summed E-state index contributed by atoms with van der Waals surface area (Å²) in [4.78, 5) is 15.4. The first kappa shape index (κ1) is 22.1. The zero-order chi connectivity index (χ0) is 17.5. The van der Waals surface area contributed by atoms with Gasteiger partial charge in [0, 0.05) is 20.6 Å². The first-order valence-corrected chi connectivity index (χ1v) is 7.28. The molecule has 0 saturated carbocycles. The summed E-state index contributed by atoms with van der Waals surface area (Å²) < 4.78 is 0. The van der Waals surface area contributed by atoms with Gasteiger partial charge in [0.2, 0.25) is 17.8 Å². The standard InChI is InChI=1S/C8H16N6O.C5H8.C2H6/c1-4-13(2)7-10-6(9)11-8(12-7)14(3)5-15;1-3-5-4-2;1-2/h15H,4-5H2,1-3H3,(H2,9,10,11,12);3-5H,1H2,2H3;1-2H3/b;5-4-;. The average molecular weight is 310 g/mol. The van der Waals surface area contributed by atoms with Crippen LogP contribution in [0.25, 0.3) is 0 Å². The number of aliphatic hydroxyl groups excluding tert-OH is 1. The number of rotatable bonds is 5. The van der Waals surface area contributed by atoms with Gasteiger partial charge in [-0.25, -0.2) is 0 Å². The lowest BCUT2D eigenvalue weighted by molar-refractivity contribution is 0.296. The zero-order valence-corrected chi connectivity index (χ0v) is 14.6. The molecule has 0 aliphatic heterocycles. The van der Waals surface area contributed by atoms with E-state index in [0.29, 0.717) is 11.9 Å². The van der Waals surface area contributed by atoms with Crippen LogP contribution in [0.3, 0.4) is 0 Å². The number of hydrogen-bond acceptors (Lipinski definition) is 7. The molecule has 1 aromatic rings. The van der Waals surface area contributed by atoms with Crippen LogP contribution in [-0.4, -0.2) is 47.4 Å². The van der Waals surface area contributed by atoms with Crippen molar-refractivity contribution >= 4 is 17.8 Å². The summed E-state index contributed by atoms with van der Waals surface area (Å²) >= 11 is 0. The van der Waals surface area contributed by atoms with E-state index in [9.17, 15) is 0 Å². The number of allylic oxidation sites excluding steroid dienone is 3. The molecule has 22 heavy (non-hydrogen) atoms. The summed E-state index contributed by atoms with van der Waals surface area (Å²) in [5.74, 6) is 1.01. The Labute approximate surface area is 134 Å². The normalized spacial score (nSPS) is 9.23. The predicted octanol–water partition coefficient (Wildman–Crippen LogP) is 2.07. The minimum atomic E-state index is -0.168. The van der Waals surface area contributed by atoms with Crippen LogP contribution < -0.4 is 15.5 Å². The van der Waals surface area contributed by atoms with Gasteiger partial charge in [0.1, 0.15) is 6.73 Å². The summed E-state index contributed by atoms with van der Waals surface area (Å²) in [5, 5.41) is 8.94. The van der Waals surface area contributed by atoms with Crippen LogP contribution in [0.4, 0.5) is 17.8 Å². The van der Waals surface area contributed by atoms with Crippen molar-refractivity contribution in [3.8, 4) is 0 Å². The Morgan fingerprint density at radius 1 is 1.14 bits per heavy atom. The molecular formula is C15H30N6O. The molecule has 0 saturated heterocycles. The number of nitrogen functional groups attached to an aromatic ring is 1. The quantitative estimate of drug-likeness (QED) is 0.635. The molecule has 0 bridgehead atoms. The Kier molecular flexibility index (Phi) is 13.9. The van der Waals surface area contributed by atoms with E-state index < -0.39 is 0 Å². The van der Waals surface area contributed by atoms with Gasteiger partial charge in [-0.1, -0.05) is 38.7 Å². The molecule has 7 heteroatoms. The number of nitrogens with two attached hydrogens (primary N) is 1. The fraction of sp³-hybridized carbons (Fsp3) is 0.533. The van der Waals surface area contributed by atoms with Crippen LogP contribution in [0.15, 0.2) is 24.8 Å². The highest BCUT2D eigenvalue weighted by Crippen LogP contribution is 2.12. The lowest BCUT2D eigenvalue weighted by atomic mass is 10.5. The van der Waals surface area contributed by atoms with Gasteiger partial charge in [-0.15, -0.1) is 0 Å². The van der Waals surface area contributed by atoms with E-state index in [-0.39, 0.29) is 12.7 Å². The van der Waals surface area contributed by atoms with E-state index in [2.05, 4.69) is 21.5 Å². The number of nitrogens with zero attached hydrogens (tertiary/aromatic N) is 5. The van der Waals surface area contributed by atoms with Gasteiger partial charge in [0.05, 0.1) is 0 Å². The second-order valence-corrected chi connectivity index (χ2v) is 3.91. The third-order valence-corrected chi connectivity index (χ3v) is 2.33. The van der Waals surface area contributed by atoms with Crippen molar-refractivity contribution in [3.63, 3.8) is 0 Å². The van der Waals surface area contributed by atoms with Crippen LogP contribution in [-0.2, 0) is 0 Å². The molecular weight excluding hydrogens is 280 g/mol. The maximum absolute atomic E-state index is 8.94. The molecule has 0 amide bonds. The van der Waals surface area contributed by atoms with Gasteiger partial charge in [-0.05, 0) is 13.8 Å². The second-order valence-electron chi connectivity index (χ2n) is 3.91. The molecule has 3 N–H and O–H groups in total. The number of anilines is 3. The lowest BCUT2D eigenvalue weighted by Crippen LogP contribution is -2.25. The van der Waals surface area contributed by atoms with Gasteiger partial charge in [0.25, 0.3) is 0 Å². The molecule has 0 unspecified atom stereocenters. The van der Waals surface area contributed by atoms with Crippen molar-refractivity contribution < 1.29 is 5.11 Å². The van der Waals surface area contributed by atoms with Crippen molar-refractivity contribution in [1.29, 1.82) is 0 Å². The van der Waals surface area contributed by atoms with Gasteiger partial charge in [0.15, 0.2) is 0 Å². The first-order valence-electron chi connectivity index (χ1n) is 7.28. The van der Waals surface area contributed by atoms with E-state index in [4.69, 9.17) is 10.8 Å². The van der Waals surface area contributed by atoms with Crippen molar-refractivity contribution in [2.75, 3.05) is 42.9 Å². The number of aliphatic hydroxyl groups is 1. The summed E-state index contributed by atoms with van der Waals surface area (Å²) in [6.45, 7) is 12.0. The van der Waals surface area contributed by atoms with Crippen molar-refractivity contribution in [1.82, 2.24) is 15.0 Å². The largest absolute Gasteiger partial charge is 0.376 e. The zero-order valence-electron chi connectivity index (χ0n) is 14.6. The van der Waals surface area contributed by atoms with E-state index in [0.717, 1.165) is 6.54 Å². The number of hydrogen-bond donors (Lipinski definition) is 2. The minimum absolute atomic E-state index is 0.149. The molecule has 0 radical (unpaired) electrons. The first-order chi connectivity index (χ1) is 10.5. The lowest BCUT2D eigenvalue weighted by Gasteiger charge is -2.18. The fourth-order valence-corrected chi connectivity index (χ4v) is 1.05. The minimum Gasteiger partial charge on any atom is -0.376 e. The van der Waals surface area contributed by atoms with Crippen molar-refractivity contribution in [2.45, 2.75) is 27.7 Å². The van der Waals surface area contributed by atoms with E-state index >= 15 is 0 Å². The smallest absolute Gasteiger partial charge is 0.233 e. The van der Waals surface area contributed by atoms with E-state index in [1.54, 1.807) is 13.1 Å².